The number of hydrogen-bond acceptors (Lipinski definition) is 3. The molecule has 1 aromatic carbocycles. The fraction of sp³-hybridized carbons (Fsp3) is 0.400. The minimum atomic E-state index is -0.524. The Morgan fingerprint density at radius 2 is 1.95 bits per heavy atom. The van der Waals surface area contributed by atoms with Gasteiger partial charge < -0.3 is 9.47 Å². The van der Waals surface area contributed by atoms with Gasteiger partial charge in [-0.15, -0.1) is 0 Å². The molecule has 1 heterocycles. The van der Waals surface area contributed by atoms with E-state index in [-0.39, 0.29) is 6.09 Å². The van der Waals surface area contributed by atoms with Crippen LogP contribution >= 0.6 is 15.9 Å². The highest BCUT2D eigenvalue weighted by atomic mass is 79.9. The molecule has 0 aliphatic carbocycles. The van der Waals surface area contributed by atoms with E-state index >= 15 is 0 Å². The maximum absolute atomic E-state index is 12.3. The second-order valence-corrected chi connectivity index (χ2v) is 6.19. The summed E-state index contributed by atoms with van der Waals surface area (Å²) in [5.41, 5.74) is 1.08. The van der Waals surface area contributed by atoms with Crippen LogP contribution in [0.1, 0.15) is 26.3 Å². The van der Waals surface area contributed by atoms with E-state index in [1.165, 1.54) is 0 Å². The van der Waals surface area contributed by atoms with E-state index in [1.807, 2.05) is 51.1 Å². The number of nitrogens with zero attached hydrogens (tertiary/aromatic N) is 1. The predicted molar refractivity (Wildman–Crippen MR) is 81.2 cm³/mol. The van der Waals surface area contributed by atoms with Crippen LogP contribution in [0.4, 0.5) is 4.79 Å². The van der Waals surface area contributed by atoms with Crippen molar-refractivity contribution in [2.75, 3.05) is 13.2 Å². The number of halogens is 1. The van der Waals surface area contributed by atoms with Crippen molar-refractivity contribution in [2.45, 2.75) is 26.4 Å². The monoisotopic (exact) mass is 339 g/mol. The van der Waals surface area contributed by atoms with Crippen LogP contribution in [0.2, 0.25) is 0 Å². The molecule has 108 valence electrons. The van der Waals surface area contributed by atoms with Gasteiger partial charge in [0.25, 0.3) is 0 Å². The van der Waals surface area contributed by atoms with Crippen molar-refractivity contribution < 1.29 is 14.3 Å². The van der Waals surface area contributed by atoms with Crippen LogP contribution in [0.5, 0.6) is 0 Å². The van der Waals surface area contributed by atoms with Gasteiger partial charge in [0.05, 0.1) is 6.54 Å². The highest BCUT2D eigenvalue weighted by molar-refractivity contribution is 9.11. The highest BCUT2D eigenvalue weighted by Crippen LogP contribution is 2.31. The number of ether oxygens (including phenoxy) is 2. The summed E-state index contributed by atoms with van der Waals surface area (Å²) in [6, 6.07) is 9.64. The molecule has 0 fully saturated rings. The first-order chi connectivity index (χ1) is 9.38. The Balaban J connectivity index is 2.32. The molecule has 2 rings (SSSR count). The Kier molecular flexibility index (Phi) is 4.38. The van der Waals surface area contributed by atoms with Crippen LogP contribution in [0.3, 0.4) is 0 Å². The molecule has 0 bridgehead atoms. The van der Waals surface area contributed by atoms with Gasteiger partial charge in [0.15, 0.2) is 4.67 Å². The van der Waals surface area contributed by atoms with Crippen molar-refractivity contribution in [1.29, 1.82) is 0 Å². The Bertz CT molecular complexity index is 520. The van der Waals surface area contributed by atoms with Gasteiger partial charge in [0.1, 0.15) is 17.9 Å². The SMILES string of the molecule is CC(C)(C)OC(=O)N1CCOC(Br)=C1c1ccccc1. The Morgan fingerprint density at radius 1 is 1.30 bits per heavy atom. The number of rotatable bonds is 1. The maximum atomic E-state index is 12.3. The number of benzene rings is 1. The largest absolute Gasteiger partial charge is 0.483 e. The molecule has 0 N–H and O–H groups in total. The molecule has 0 radical (unpaired) electrons. The Hall–Kier alpha value is -1.49. The molecule has 20 heavy (non-hydrogen) atoms. The summed E-state index contributed by atoms with van der Waals surface area (Å²) < 4.78 is 11.5. The van der Waals surface area contributed by atoms with E-state index in [0.717, 1.165) is 5.56 Å². The summed E-state index contributed by atoms with van der Waals surface area (Å²) in [7, 11) is 0. The topological polar surface area (TPSA) is 38.8 Å². The van der Waals surface area contributed by atoms with Gasteiger partial charge >= 0.3 is 6.09 Å². The Morgan fingerprint density at radius 3 is 2.55 bits per heavy atom. The third-order valence-corrected chi connectivity index (χ3v) is 3.27. The first kappa shape index (κ1) is 14.9. The van der Waals surface area contributed by atoms with Crippen LogP contribution in [-0.4, -0.2) is 29.7 Å². The number of carbonyl (C=O) groups is 1. The zero-order chi connectivity index (χ0) is 14.8. The summed E-state index contributed by atoms with van der Waals surface area (Å²) in [5.74, 6) is 0. The second-order valence-electron chi connectivity index (χ2n) is 5.47. The fourth-order valence-electron chi connectivity index (χ4n) is 1.88. The van der Waals surface area contributed by atoms with E-state index in [2.05, 4.69) is 15.9 Å². The van der Waals surface area contributed by atoms with Crippen LogP contribution in [0.25, 0.3) is 5.70 Å². The maximum Gasteiger partial charge on any atom is 0.415 e. The first-order valence-corrected chi connectivity index (χ1v) is 7.26. The van der Waals surface area contributed by atoms with Gasteiger partial charge in [-0.3, -0.25) is 4.90 Å². The molecule has 0 saturated heterocycles. The lowest BCUT2D eigenvalue weighted by molar-refractivity contribution is 0.0292. The lowest BCUT2D eigenvalue weighted by atomic mass is 10.1. The molecule has 0 atom stereocenters. The molecule has 0 spiro atoms. The van der Waals surface area contributed by atoms with E-state index in [0.29, 0.717) is 23.5 Å². The zero-order valence-electron chi connectivity index (χ0n) is 11.9. The van der Waals surface area contributed by atoms with Gasteiger partial charge in [-0.25, -0.2) is 4.79 Å². The molecular weight excluding hydrogens is 322 g/mol. The van der Waals surface area contributed by atoms with E-state index in [4.69, 9.17) is 9.47 Å². The molecule has 1 aliphatic rings. The highest BCUT2D eigenvalue weighted by Gasteiger charge is 2.30. The lowest BCUT2D eigenvalue weighted by Crippen LogP contribution is -2.39. The standard InChI is InChI=1S/C15H18BrNO3/c1-15(2,3)20-14(18)17-9-10-19-13(16)12(17)11-7-5-4-6-8-11/h4-8H,9-10H2,1-3H3. The summed E-state index contributed by atoms with van der Waals surface area (Å²) in [5, 5.41) is 0. The molecular formula is C15H18BrNO3. The lowest BCUT2D eigenvalue weighted by Gasteiger charge is -2.32. The number of amides is 1. The normalized spacial score (nSPS) is 15.9. The summed E-state index contributed by atoms with van der Waals surface area (Å²) in [4.78, 5) is 13.9. The second kappa shape index (κ2) is 5.87. The van der Waals surface area contributed by atoms with Crippen LogP contribution < -0.4 is 0 Å². The molecule has 0 aromatic heterocycles. The minimum Gasteiger partial charge on any atom is -0.483 e. The number of carbonyl (C=O) groups excluding carboxylic acids is 1. The van der Waals surface area contributed by atoms with Crippen molar-refractivity contribution >= 4 is 27.7 Å². The van der Waals surface area contributed by atoms with Gasteiger partial charge in [0.2, 0.25) is 0 Å². The fourth-order valence-corrected chi connectivity index (χ4v) is 2.48. The van der Waals surface area contributed by atoms with E-state index < -0.39 is 5.60 Å². The third-order valence-electron chi connectivity index (χ3n) is 2.66. The molecule has 1 aromatic rings. The van der Waals surface area contributed by atoms with Crippen molar-refractivity contribution in [1.82, 2.24) is 4.90 Å². The van der Waals surface area contributed by atoms with Crippen molar-refractivity contribution in [2.24, 2.45) is 0 Å². The van der Waals surface area contributed by atoms with E-state index in [1.54, 1.807) is 4.90 Å². The van der Waals surface area contributed by atoms with Gasteiger partial charge in [-0.05, 0) is 36.7 Å². The minimum absolute atomic E-state index is 0.364. The number of hydrogen-bond donors (Lipinski definition) is 0. The van der Waals surface area contributed by atoms with Crippen LogP contribution in [-0.2, 0) is 9.47 Å². The average molecular weight is 340 g/mol. The smallest absolute Gasteiger partial charge is 0.415 e. The van der Waals surface area contributed by atoms with Crippen molar-refractivity contribution in [3.8, 4) is 0 Å². The Labute approximate surface area is 127 Å². The molecule has 0 unspecified atom stereocenters. The average Bonchev–Trinajstić information content (AvgIpc) is 2.37. The molecule has 5 heteroatoms. The van der Waals surface area contributed by atoms with Crippen LogP contribution in [0, 0.1) is 0 Å². The predicted octanol–water partition coefficient (Wildman–Crippen LogP) is 3.97. The van der Waals surface area contributed by atoms with Gasteiger partial charge in [-0.2, -0.15) is 0 Å². The van der Waals surface area contributed by atoms with Crippen LogP contribution in [0.15, 0.2) is 35.0 Å². The first-order valence-electron chi connectivity index (χ1n) is 6.47. The van der Waals surface area contributed by atoms with Gasteiger partial charge in [-0.1, -0.05) is 30.3 Å². The summed E-state index contributed by atoms with van der Waals surface area (Å²) in [6.45, 7) is 6.47. The zero-order valence-corrected chi connectivity index (χ0v) is 13.4. The summed E-state index contributed by atoms with van der Waals surface area (Å²) >= 11 is 3.39. The van der Waals surface area contributed by atoms with Crippen molar-refractivity contribution in [3.63, 3.8) is 0 Å². The van der Waals surface area contributed by atoms with Gasteiger partial charge in [0, 0.05) is 5.56 Å². The van der Waals surface area contributed by atoms with E-state index in [9.17, 15) is 4.79 Å². The molecule has 0 saturated carbocycles. The molecule has 1 amide bonds. The molecule has 1 aliphatic heterocycles. The quantitative estimate of drug-likeness (QED) is 0.776. The molecule has 4 nitrogen and oxygen atoms in total. The summed E-state index contributed by atoms with van der Waals surface area (Å²) in [6.07, 6.45) is -0.364. The van der Waals surface area contributed by atoms with Crippen molar-refractivity contribution in [3.05, 3.63) is 40.6 Å². The third kappa shape index (κ3) is 3.54.